The fourth-order valence-corrected chi connectivity index (χ4v) is 4.08. The van der Waals surface area contributed by atoms with Crippen molar-refractivity contribution in [3.8, 4) is 5.75 Å². The second-order valence-electron chi connectivity index (χ2n) is 9.20. The minimum Gasteiger partial charge on any atom is -0.491 e. The van der Waals surface area contributed by atoms with Gasteiger partial charge in [-0.05, 0) is 31.5 Å². The number of rotatable bonds is 17. The largest absolute Gasteiger partial charge is 0.491 e. The van der Waals surface area contributed by atoms with E-state index in [1.807, 2.05) is 45.0 Å². The third-order valence-corrected chi connectivity index (χ3v) is 6.26. The Hall–Kier alpha value is -3.80. The van der Waals surface area contributed by atoms with Crippen LogP contribution in [0, 0.1) is 6.92 Å². The van der Waals surface area contributed by atoms with E-state index in [0.717, 1.165) is 5.75 Å². The topological polar surface area (TPSA) is 132 Å². The van der Waals surface area contributed by atoms with Crippen LogP contribution in [0.25, 0.3) is 0 Å². The number of imide groups is 1. The van der Waals surface area contributed by atoms with Crippen molar-refractivity contribution in [1.82, 2.24) is 10.2 Å². The second-order valence-corrected chi connectivity index (χ2v) is 9.20. The lowest BCUT2D eigenvalue weighted by molar-refractivity contribution is -0.136. The zero-order chi connectivity index (χ0) is 30.7. The lowest BCUT2D eigenvalue weighted by Crippen LogP contribution is -2.53. The fourth-order valence-electron chi connectivity index (χ4n) is 4.08. The van der Waals surface area contributed by atoms with Crippen molar-refractivity contribution >= 4 is 29.7 Å². The monoisotopic (exact) mass is 585 g/mol. The van der Waals surface area contributed by atoms with Gasteiger partial charge in [-0.2, -0.15) is 0 Å². The maximum Gasteiger partial charge on any atom is 0.257 e. The molecule has 0 bridgehead atoms. The van der Waals surface area contributed by atoms with Gasteiger partial charge in [0.15, 0.2) is 6.29 Å². The normalized spacial score (nSPS) is 14.3. The first-order valence-corrected chi connectivity index (χ1v) is 14.3. The fraction of sp³-hybridized carbons (Fsp3) is 0.484. The zero-order valence-electron chi connectivity index (χ0n) is 25.0. The highest BCUT2D eigenvalue weighted by Gasteiger charge is 2.34. The van der Waals surface area contributed by atoms with E-state index in [1.54, 1.807) is 18.2 Å². The number of nitrogens with one attached hydrogen (secondary N) is 2. The molecular formula is C31H43N3O8. The molecule has 11 heteroatoms. The smallest absolute Gasteiger partial charge is 0.257 e. The number of carbonyl (C=O) groups excluding carboxylic acids is 4. The maximum absolute atomic E-state index is 13.3. The van der Waals surface area contributed by atoms with Gasteiger partial charge in [-0.1, -0.05) is 43.7 Å². The molecule has 0 radical (unpaired) electrons. The van der Waals surface area contributed by atoms with Gasteiger partial charge in [0.1, 0.15) is 18.4 Å². The first kappa shape index (κ1) is 34.4. The summed E-state index contributed by atoms with van der Waals surface area (Å²) in [4.78, 5) is 49.9. The molecule has 1 aliphatic heterocycles. The molecule has 1 aliphatic rings. The van der Waals surface area contributed by atoms with Gasteiger partial charge >= 0.3 is 0 Å². The molecule has 1 heterocycles. The minimum atomic E-state index is -0.793. The van der Waals surface area contributed by atoms with Crippen LogP contribution in [0.1, 0.15) is 53.0 Å². The standard InChI is InChI=1S/C29H37N3O8.C2H6/c1-21-6-8-23(9-7-21)40-19-18-39-17-16-38-15-14-37-13-12-30-24-5-3-4-22(20-33)27(24)29(36)32(2)25-10-11-26(34)31-28(25)35;1-2/h3-9,20,25,30H,10-19H2,1-2H3,(H,31,34,35);1-2H3. The molecule has 0 spiro atoms. The minimum absolute atomic E-state index is 0.145. The molecule has 2 N–H and O–H groups in total. The van der Waals surface area contributed by atoms with Crippen molar-refractivity contribution in [2.24, 2.45) is 0 Å². The van der Waals surface area contributed by atoms with Crippen molar-refractivity contribution in [3.05, 3.63) is 59.2 Å². The maximum atomic E-state index is 13.3. The summed E-state index contributed by atoms with van der Waals surface area (Å²) in [5.74, 6) is -0.565. The van der Waals surface area contributed by atoms with Gasteiger partial charge in [-0.25, -0.2) is 0 Å². The summed E-state index contributed by atoms with van der Waals surface area (Å²) in [6.45, 7) is 9.38. The predicted octanol–water partition coefficient (Wildman–Crippen LogP) is 3.25. The Balaban J connectivity index is 0.00000301. The van der Waals surface area contributed by atoms with E-state index in [4.69, 9.17) is 18.9 Å². The number of benzene rings is 2. The van der Waals surface area contributed by atoms with Gasteiger partial charge in [0.25, 0.3) is 5.91 Å². The molecule has 3 amide bonds. The highest BCUT2D eigenvalue weighted by atomic mass is 16.6. The Kier molecular flexibility index (Phi) is 15.8. The van der Waals surface area contributed by atoms with E-state index in [1.165, 1.54) is 17.5 Å². The Morgan fingerprint density at radius 2 is 1.57 bits per heavy atom. The zero-order valence-corrected chi connectivity index (χ0v) is 25.0. The van der Waals surface area contributed by atoms with Crippen molar-refractivity contribution in [2.75, 3.05) is 65.2 Å². The van der Waals surface area contributed by atoms with Crippen LogP contribution in [0.3, 0.4) is 0 Å². The molecule has 1 fully saturated rings. The summed E-state index contributed by atoms with van der Waals surface area (Å²) < 4.78 is 22.2. The first-order chi connectivity index (χ1) is 20.4. The molecule has 0 aromatic heterocycles. The number of amides is 3. The number of hydrogen-bond donors (Lipinski definition) is 2. The molecule has 2 aromatic carbocycles. The average molecular weight is 586 g/mol. The van der Waals surface area contributed by atoms with E-state index in [9.17, 15) is 19.2 Å². The van der Waals surface area contributed by atoms with Crippen LogP contribution in [0.5, 0.6) is 5.75 Å². The Morgan fingerprint density at radius 1 is 0.952 bits per heavy atom. The number of aryl methyl sites for hydroxylation is 1. The van der Waals surface area contributed by atoms with E-state index >= 15 is 0 Å². The number of anilines is 1. The van der Waals surface area contributed by atoms with E-state index in [0.29, 0.717) is 64.8 Å². The highest BCUT2D eigenvalue weighted by Crippen LogP contribution is 2.23. The predicted molar refractivity (Wildman–Crippen MR) is 159 cm³/mol. The Bertz CT molecular complexity index is 1140. The van der Waals surface area contributed by atoms with Crippen LogP contribution < -0.4 is 15.4 Å². The molecule has 42 heavy (non-hydrogen) atoms. The average Bonchev–Trinajstić information content (AvgIpc) is 3.00. The molecule has 2 aromatic rings. The number of carbonyl (C=O) groups is 4. The molecular weight excluding hydrogens is 542 g/mol. The summed E-state index contributed by atoms with van der Waals surface area (Å²) >= 11 is 0. The summed E-state index contributed by atoms with van der Waals surface area (Å²) in [6, 6.07) is 12.0. The number of piperidine rings is 1. The molecule has 1 unspecified atom stereocenters. The van der Waals surface area contributed by atoms with Crippen molar-refractivity contribution in [3.63, 3.8) is 0 Å². The van der Waals surface area contributed by atoms with Crippen LogP contribution in [0.4, 0.5) is 5.69 Å². The lowest BCUT2D eigenvalue weighted by atomic mass is 10.0. The van der Waals surface area contributed by atoms with Crippen molar-refractivity contribution < 1.29 is 38.1 Å². The van der Waals surface area contributed by atoms with Crippen LogP contribution in [-0.4, -0.2) is 94.8 Å². The lowest BCUT2D eigenvalue weighted by Gasteiger charge is -2.30. The first-order valence-electron chi connectivity index (χ1n) is 14.3. The third-order valence-electron chi connectivity index (χ3n) is 6.26. The third kappa shape index (κ3) is 11.2. The molecule has 0 aliphatic carbocycles. The Morgan fingerprint density at radius 3 is 2.19 bits per heavy atom. The van der Waals surface area contributed by atoms with Crippen molar-refractivity contribution in [2.45, 2.75) is 39.7 Å². The van der Waals surface area contributed by atoms with Gasteiger partial charge in [0.05, 0.1) is 45.2 Å². The number of nitrogens with zero attached hydrogens (tertiary/aromatic N) is 1. The van der Waals surface area contributed by atoms with E-state index in [2.05, 4.69) is 10.6 Å². The van der Waals surface area contributed by atoms with Crippen LogP contribution in [0.2, 0.25) is 0 Å². The summed E-state index contributed by atoms with van der Waals surface area (Å²) in [5, 5.41) is 5.38. The Labute approximate surface area is 247 Å². The SMILES string of the molecule is CC.Cc1ccc(OCCOCCOCCOCCNc2cccc(C=O)c2C(=O)N(C)C2CCC(=O)NC2=O)cc1. The molecule has 1 atom stereocenters. The van der Waals surface area contributed by atoms with Gasteiger partial charge in [0.2, 0.25) is 11.8 Å². The summed E-state index contributed by atoms with van der Waals surface area (Å²) in [7, 11) is 1.49. The van der Waals surface area contributed by atoms with E-state index in [-0.39, 0.29) is 29.9 Å². The number of likely N-dealkylation sites (N-methyl/N-ethyl adjacent to an activating group) is 1. The number of aldehydes is 1. The van der Waals surface area contributed by atoms with Crippen molar-refractivity contribution in [1.29, 1.82) is 0 Å². The summed E-state index contributed by atoms with van der Waals surface area (Å²) in [6.07, 6.45) is 0.973. The van der Waals surface area contributed by atoms with Crippen LogP contribution >= 0.6 is 0 Å². The number of hydrogen-bond acceptors (Lipinski definition) is 9. The molecule has 11 nitrogen and oxygen atoms in total. The van der Waals surface area contributed by atoms with Crippen LogP contribution in [-0.2, 0) is 23.8 Å². The molecule has 230 valence electrons. The molecule has 0 saturated carbocycles. The van der Waals surface area contributed by atoms with E-state index < -0.39 is 17.9 Å². The molecule has 1 saturated heterocycles. The van der Waals surface area contributed by atoms with Gasteiger partial charge in [-0.3, -0.25) is 24.5 Å². The molecule has 3 rings (SSSR count). The highest BCUT2D eigenvalue weighted by molar-refractivity contribution is 6.08. The number of ether oxygens (including phenoxy) is 4. The van der Waals surface area contributed by atoms with Gasteiger partial charge < -0.3 is 29.2 Å². The van der Waals surface area contributed by atoms with Crippen LogP contribution in [0.15, 0.2) is 42.5 Å². The summed E-state index contributed by atoms with van der Waals surface area (Å²) in [5.41, 5.74) is 2.00. The van der Waals surface area contributed by atoms with Gasteiger partial charge in [0, 0.05) is 31.3 Å². The quantitative estimate of drug-likeness (QED) is 0.163. The second kappa shape index (κ2) is 19.3. The van der Waals surface area contributed by atoms with Gasteiger partial charge in [-0.15, -0.1) is 0 Å².